The highest BCUT2D eigenvalue weighted by Crippen LogP contribution is 2.12. The lowest BCUT2D eigenvalue weighted by atomic mass is 10.1. The summed E-state index contributed by atoms with van der Waals surface area (Å²) in [5.74, 6) is -0.707. The molecule has 0 aliphatic carbocycles. The summed E-state index contributed by atoms with van der Waals surface area (Å²) in [6.45, 7) is 11.1. The molecule has 0 N–H and O–H groups in total. The van der Waals surface area contributed by atoms with Crippen LogP contribution in [0.15, 0.2) is 72.8 Å². The van der Waals surface area contributed by atoms with E-state index >= 15 is 0 Å². The number of hydrogen-bond donors (Lipinski definition) is 0. The van der Waals surface area contributed by atoms with E-state index in [0.29, 0.717) is 37.2 Å². The van der Waals surface area contributed by atoms with E-state index in [0.717, 1.165) is 22.3 Å². The van der Waals surface area contributed by atoms with Crippen molar-refractivity contribution >= 4 is 24.1 Å². The fourth-order valence-corrected chi connectivity index (χ4v) is 2.55. The number of carbonyl (C=O) groups excluding carboxylic acids is 2. The molecule has 2 aromatic rings. The van der Waals surface area contributed by atoms with Crippen molar-refractivity contribution in [2.45, 2.75) is 26.7 Å². The van der Waals surface area contributed by atoms with Crippen molar-refractivity contribution in [2.24, 2.45) is 0 Å². The molecule has 2 aromatic carbocycles. The molecule has 0 amide bonds. The quantitative estimate of drug-likeness (QED) is 0.311. The maximum Gasteiger partial charge on any atom is 0.333 e. The van der Waals surface area contributed by atoms with Crippen LogP contribution in [-0.4, -0.2) is 25.2 Å². The van der Waals surface area contributed by atoms with E-state index in [1.807, 2.05) is 48.5 Å². The number of benzene rings is 2. The summed E-state index contributed by atoms with van der Waals surface area (Å²) in [5, 5.41) is 0. The summed E-state index contributed by atoms with van der Waals surface area (Å²) in [4.78, 5) is 22.8. The molecule has 4 nitrogen and oxygen atoms in total. The Morgan fingerprint density at radius 2 is 1.03 bits per heavy atom. The van der Waals surface area contributed by atoms with Crippen LogP contribution in [0.2, 0.25) is 0 Å². The average Bonchev–Trinajstić information content (AvgIpc) is 2.73. The van der Waals surface area contributed by atoms with Crippen LogP contribution in [0.1, 0.15) is 36.1 Å². The topological polar surface area (TPSA) is 52.6 Å². The fourth-order valence-electron chi connectivity index (χ4n) is 2.55. The molecule has 0 heterocycles. The predicted octanol–water partition coefficient (Wildman–Crippen LogP) is 5.18. The van der Waals surface area contributed by atoms with Crippen molar-refractivity contribution in [3.63, 3.8) is 0 Å². The number of hydrogen-bond acceptors (Lipinski definition) is 4. The van der Waals surface area contributed by atoms with E-state index in [1.54, 1.807) is 13.8 Å². The molecule has 4 heteroatoms. The first kappa shape index (κ1) is 22.9. The highest BCUT2D eigenvalue weighted by atomic mass is 16.5. The molecule has 2 rings (SSSR count). The summed E-state index contributed by atoms with van der Waals surface area (Å²) in [7, 11) is 0. The van der Waals surface area contributed by atoms with Crippen LogP contribution in [0, 0.1) is 0 Å². The second kappa shape index (κ2) is 11.6. The predicted molar refractivity (Wildman–Crippen MR) is 121 cm³/mol. The van der Waals surface area contributed by atoms with Gasteiger partial charge in [0.15, 0.2) is 0 Å². The molecule has 0 atom stereocenters. The van der Waals surface area contributed by atoms with Crippen LogP contribution in [-0.2, 0) is 31.9 Å². The Morgan fingerprint density at radius 3 is 1.33 bits per heavy atom. The molecule has 0 aliphatic heterocycles. The van der Waals surface area contributed by atoms with Crippen molar-refractivity contribution in [3.8, 4) is 0 Å². The summed E-state index contributed by atoms with van der Waals surface area (Å²) in [5.41, 5.74) is 5.23. The van der Waals surface area contributed by atoms with Gasteiger partial charge in [0.25, 0.3) is 0 Å². The van der Waals surface area contributed by atoms with Crippen LogP contribution in [0.5, 0.6) is 0 Å². The van der Waals surface area contributed by atoms with Crippen molar-refractivity contribution in [1.82, 2.24) is 0 Å². The number of esters is 2. The zero-order chi connectivity index (χ0) is 21.9. The molecule has 0 aliphatic rings. The smallest absolute Gasteiger partial charge is 0.333 e. The van der Waals surface area contributed by atoms with Crippen molar-refractivity contribution in [1.29, 1.82) is 0 Å². The minimum Gasteiger partial charge on any atom is -0.462 e. The van der Waals surface area contributed by atoms with Gasteiger partial charge in [0, 0.05) is 24.0 Å². The zero-order valence-electron chi connectivity index (χ0n) is 17.6. The Labute approximate surface area is 178 Å². The molecule has 0 unspecified atom stereocenters. The van der Waals surface area contributed by atoms with Crippen LogP contribution in [0.4, 0.5) is 0 Å². The zero-order valence-corrected chi connectivity index (χ0v) is 17.6. The van der Waals surface area contributed by atoms with Gasteiger partial charge >= 0.3 is 11.9 Å². The minimum atomic E-state index is -0.353. The van der Waals surface area contributed by atoms with E-state index in [1.165, 1.54) is 0 Å². The molecule has 30 heavy (non-hydrogen) atoms. The molecule has 0 saturated carbocycles. The third-order valence-corrected chi connectivity index (χ3v) is 4.37. The van der Waals surface area contributed by atoms with Crippen molar-refractivity contribution in [3.05, 3.63) is 95.1 Å². The minimum absolute atomic E-state index is 0.347. The molecule has 0 bridgehead atoms. The number of ether oxygens (including phenoxy) is 2. The second-order valence-electron chi connectivity index (χ2n) is 7.15. The van der Waals surface area contributed by atoms with Gasteiger partial charge in [-0.15, -0.1) is 0 Å². The molecular weight excluding hydrogens is 376 g/mol. The summed E-state index contributed by atoms with van der Waals surface area (Å²) in [6.07, 6.45) is 5.45. The van der Waals surface area contributed by atoms with E-state index in [4.69, 9.17) is 9.47 Å². The Morgan fingerprint density at radius 1 is 0.700 bits per heavy atom. The van der Waals surface area contributed by atoms with E-state index in [-0.39, 0.29) is 11.9 Å². The Balaban J connectivity index is 1.81. The summed E-state index contributed by atoms with van der Waals surface area (Å²) >= 11 is 0. The van der Waals surface area contributed by atoms with Crippen LogP contribution in [0.3, 0.4) is 0 Å². The molecule has 0 fully saturated rings. The first-order chi connectivity index (χ1) is 14.3. The van der Waals surface area contributed by atoms with Crippen LogP contribution < -0.4 is 0 Å². The molecule has 0 aromatic heterocycles. The van der Waals surface area contributed by atoms with Gasteiger partial charge in [0.05, 0.1) is 13.2 Å². The van der Waals surface area contributed by atoms with E-state index in [9.17, 15) is 9.59 Å². The van der Waals surface area contributed by atoms with Gasteiger partial charge in [-0.25, -0.2) is 9.59 Å². The average molecular weight is 405 g/mol. The monoisotopic (exact) mass is 404 g/mol. The lowest BCUT2D eigenvalue weighted by Gasteiger charge is -2.05. The Bertz CT molecular complexity index is 841. The Hall–Kier alpha value is -3.40. The lowest BCUT2D eigenvalue weighted by Crippen LogP contribution is -2.07. The molecular formula is C26H28O4. The first-order valence-corrected chi connectivity index (χ1v) is 9.86. The third-order valence-electron chi connectivity index (χ3n) is 4.37. The normalized spacial score (nSPS) is 10.6. The molecule has 0 saturated heterocycles. The summed E-state index contributed by atoms with van der Waals surface area (Å²) in [6, 6.07) is 16.3. The maximum absolute atomic E-state index is 11.4. The Kier molecular flexibility index (Phi) is 8.82. The van der Waals surface area contributed by atoms with Crippen molar-refractivity contribution in [2.75, 3.05) is 13.2 Å². The first-order valence-electron chi connectivity index (χ1n) is 9.86. The highest BCUT2D eigenvalue weighted by Gasteiger charge is 2.03. The standard InChI is InChI=1S/C26H28O4/c1-19(2)25(27)29-17-15-23-11-7-21(8-12-23)5-6-22-9-13-24(14-10-22)16-18-30-26(28)20(3)4/h5-14H,1,3,15-18H2,2,4H3/b6-5-. The largest absolute Gasteiger partial charge is 0.462 e. The SMILES string of the molecule is C=C(C)C(=O)OCCc1ccc(/C=C\c2ccc(CCOC(=O)C(=C)C)cc2)cc1. The lowest BCUT2D eigenvalue weighted by molar-refractivity contribution is -0.139. The van der Waals surface area contributed by atoms with Gasteiger partial charge in [-0.3, -0.25) is 0 Å². The van der Waals surface area contributed by atoms with Gasteiger partial charge in [-0.1, -0.05) is 73.8 Å². The molecule has 0 spiro atoms. The van der Waals surface area contributed by atoms with Crippen molar-refractivity contribution < 1.29 is 19.1 Å². The number of carbonyl (C=O) groups is 2. The van der Waals surface area contributed by atoms with E-state index in [2.05, 4.69) is 25.3 Å². The third kappa shape index (κ3) is 7.92. The van der Waals surface area contributed by atoms with Gasteiger partial charge < -0.3 is 9.47 Å². The molecule has 156 valence electrons. The van der Waals surface area contributed by atoms with Crippen LogP contribution >= 0.6 is 0 Å². The summed E-state index contributed by atoms with van der Waals surface area (Å²) < 4.78 is 10.2. The molecule has 0 radical (unpaired) electrons. The van der Waals surface area contributed by atoms with E-state index < -0.39 is 0 Å². The van der Waals surface area contributed by atoms with Gasteiger partial charge in [0.2, 0.25) is 0 Å². The van der Waals surface area contributed by atoms with Gasteiger partial charge in [-0.2, -0.15) is 0 Å². The second-order valence-corrected chi connectivity index (χ2v) is 7.15. The maximum atomic E-state index is 11.4. The van der Waals surface area contributed by atoms with Gasteiger partial charge in [-0.05, 0) is 36.1 Å². The van der Waals surface area contributed by atoms with Gasteiger partial charge in [0.1, 0.15) is 0 Å². The fraction of sp³-hybridized carbons (Fsp3) is 0.231. The van der Waals surface area contributed by atoms with Crippen LogP contribution in [0.25, 0.3) is 12.2 Å². The number of rotatable bonds is 10. The highest BCUT2D eigenvalue weighted by molar-refractivity contribution is 5.87.